The lowest BCUT2D eigenvalue weighted by atomic mass is 9.55. The summed E-state index contributed by atoms with van der Waals surface area (Å²) in [4.78, 5) is 0. The lowest BCUT2D eigenvalue weighted by molar-refractivity contribution is 0.0405. The first-order valence-corrected chi connectivity index (χ1v) is 6.92. The molecule has 1 heteroatoms. The molecule has 0 bridgehead atoms. The van der Waals surface area contributed by atoms with Crippen molar-refractivity contribution >= 4 is 0 Å². The van der Waals surface area contributed by atoms with Crippen molar-refractivity contribution in [1.29, 1.82) is 0 Å². The summed E-state index contributed by atoms with van der Waals surface area (Å²) >= 11 is 0. The van der Waals surface area contributed by atoms with Crippen LogP contribution in [-0.4, -0.2) is 5.54 Å². The molecule has 0 heterocycles. The van der Waals surface area contributed by atoms with Crippen LogP contribution in [-0.2, 0) is 0 Å². The van der Waals surface area contributed by atoms with Crippen LogP contribution in [0.2, 0.25) is 0 Å². The first-order valence-electron chi connectivity index (χ1n) is 6.92. The van der Waals surface area contributed by atoms with Gasteiger partial charge in [0.25, 0.3) is 0 Å². The average Bonchev–Trinajstić information content (AvgIpc) is 2.16. The van der Waals surface area contributed by atoms with Gasteiger partial charge < -0.3 is 5.73 Å². The number of hydrogen-bond donors (Lipinski definition) is 1. The van der Waals surface area contributed by atoms with Crippen LogP contribution in [0.3, 0.4) is 0 Å². The summed E-state index contributed by atoms with van der Waals surface area (Å²) in [5.74, 6) is 1.43. The lowest BCUT2D eigenvalue weighted by Crippen LogP contribution is -2.55. The van der Waals surface area contributed by atoms with E-state index in [-0.39, 0.29) is 5.54 Å². The summed E-state index contributed by atoms with van der Waals surface area (Å²) in [6.45, 7) is 7.11. The minimum Gasteiger partial charge on any atom is -0.325 e. The summed E-state index contributed by atoms with van der Waals surface area (Å²) in [6, 6.07) is 0. The predicted octanol–water partition coefficient (Wildman–Crippen LogP) is 3.89. The third kappa shape index (κ3) is 2.07. The van der Waals surface area contributed by atoms with Crippen LogP contribution in [0.15, 0.2) is 12.2 Å². The standard InChI is InChI=1S/C15H27N/c1-12-8-7-11-15(3,16)13(12)14(2)9-5-4-6-10-14/h5,9,12-13H,4,6-8,10-11,16H2,1-3H3/t12-,13?,14?,15?/m1/s1. The molecule has 0 aromatic heterocycles. The van der Waals surface area contributed by atoms with Gasteiger partial charge in [-0.2, -0.15) is 0 Å². The number of rotatable bonds is 1. The highest BCUT2D eigenvalue weighted by Gasteiger charge is 2.47. The molecule has 2 rings (SSSR count). The minimum atomic E-state index is 0.0358. The Hall–Kier alpha value is -0.300. The Kier molecular flexibility index (Phi) is 3.18. The Bertz CT molecular complexity index is 279. The first kappa shape index (κ1) is 12.2. The van der Waals surface area contributed by atoms with E-state index in [1.165, 1.54) is 38.5 Å². The van der Waals surface area contributed by atoms with Gasteiger partial charge in [-0.3, -0.25) is 0 Å². The zero-order valence-corrected chi connectivity index (χ0v) is 11.1. The molecule has 3 unspecified atom stereocenters. The Morgan fingerprint density at radius 2 is 1.94 bits per heavy atom. The average molecular weight is 221 g/mol. The third-order valence-corrected chi connectivity index (χ3v) is 4.95. The molecule has 2 N–H and O–H groups in total. The van der Waals surface area contributed by atoms with Gasteiger partial charge in [0.15, 0.2) is 0 Å². The second-order valence-corrected chi connectivity index (χ2v) is 6.65. The molecule has 1 nitrogen and oxygen atoms in total. The Labute approximate surface area is 100 Å². The summed E-state index contributed by atoms with van der Waals surface area (Å²) < 4.78 is 0. The summed E-state index contributed by atoms with van der Waals surface area (Å²) in [5, 5.41) is 0. The van der Waals surface area contributed by atoms with Crippen LogP contribution in [0.5, 0.6) is 0 Å². The van der Waals surface area contributed by atoms with Crippen LogP contribution in [0.1, 0.15) is 59.3 Å². The molecule has 0 radical (unpaired) electrons. The fourth-order valence-electron chi connectivity index (χ4n) is 4.48. The Morgan fingerprint density at radius 1 is 1.19 bits per heavy atom. The molecule has 0 saturated heterocycles. The zero-order valence-electron chi connectivity index (χ0n) is 11.1. The van der Waals surface area contributed by atoms with E-state index in [1.54, 1.807) is 0 Å². The van der Waals surface area contributed by atoms with Crippen LogP contribution in [0.4, 0.5) is 0 Å². The van der Waals surface area contributed by atoms with Gasteiger partial charge in [-0.1, -0.05) is 38.8 Å². The van der Waals surface area contributed by atoms with E-state index >= 15 is 0 Å². The molecule has 0 aromatic rings. The van der Waals surface area contributed by atoms with Crippen LogP contribution < -0.4 is 5.73 Å². The van der Waals surface area contributed by atoms with Gasteiger partial charge >= 0.3 is 0 Å². The normalized spacial score (nSPS) is 49.2. The maximum atomic E-state index is 6.59. The highest BCUT2D eigenvalue weighted by atomic mass is 14.8. The highest BCUT2D eigenvalue weighted by molar-refractivity contribution is 5.11. The van der Waals surface area contributed by atoms with E-state index in [0.29, 0.717) is 11.3 Å². The molecule has 4 atom stereocenters. The monoisotopic (exact) mass is 221 g/mol. The molecule has 2 aliphatic carbocycles. The molecule has 16 heavy (non-hydrogen) atoms. The first-order chi connectivity index (χ1) is 7.46. The minimum absolute atomic E-state index is 0.0358. The van der Waals surface area contributed by atoms with Crippen molar-refractivity contribution in [2.24, 2.45) is 23.0 Å². The van der Waals surface area contributed by atoms with E-state index in [4.69, 9.17) is 5.73 Å². The van der Waals surface area contributed by atoms with Crippen LogP contribution in [0, 0.1) is 17.3 Å². The molecule has 0 amide bonds. The van der Waals surface area contributed by atoms with E-state index < -0.39 is 0 Å². The quantitative estimate of drug-likeness (QED) is 0.668. The van der Waals surface area contributed by atoms with E-state index in [0.717, 1.165) is 5.92 Å². The highest BCUT2D eigenvalue weighted by Crippen LogP contribution is 2.50. The van der Waals surface area contributed by atoms with E-state index in [9.17, 15) is 0 Å². The molecule has 0 spiro atoms. The molecule has 0 aliphatic heterocycles. The predicted molar refractivity (Wildman–Crippen MR) is 70.2 cm³/mol. The molecule has 1 saturated carbocycles. The van der Waals surface area contributed by atoms with Gasteiger partial charge in [-0.05, 0) is 49.9 Å². The number of allylic oxidation sites excluding steroid dienone is 2. The van der Waals surface area contributed by atoms with Crippen molar-refractivity contribution in [2.45, 2.75) is 64.8 Å². The van der Waals surface area contributed by atoms with Crippen molar-refractivity contribution in [3.8, 4) is 0 Å². The van der Waals surface area contributed by atoms with Gasteiger partial charge in [0.2, 0.25) is 0 Å². The van der Waals surface area contributed by atoms with Crippen LogP contribution >= 0.6 is 0 Å². The maximum Gasteiger partial charge on any atom is 0.0165 e. The zero-order chi connectivity index (χ0) is 11.8. The van der Waals surface area contributed by atoms with Gasteiger partial charge in [-0.15, -0.1) is 0 Å². The lowest BCUT2D eigenvalue weighted by Gasteiger charge is -2.52. The van der Waals surface area contributed by atoms with Crippen molar-refractivity contribution < 1.29 is 0 Å². The Balaban J connectivity index is 2.28. The molecule has 2 aliphatic rings. The second kappa shape index (κ2) is 4.18. The fraction of sp³-hybridized carbons (Fsp3) is 0.867. The largest absolute Gasteiger partial charge is 0.325 e. The molecular formula is C15H27N. The summed E-state index contributed by atoms with van der Waals surface area (Å²) in [6.07, 6.45) is 12.6. The maximum absolute atomic E-state index is 6.59. The van der Waals surface area contributed by atoms with Gasteiger partial charge in [0.05, 0.1) is 0 Å². The van der Waals surface area contributed by atoms with Crippen molar-refractivity contribution in [3.63, 3.8) is 0 Å². The van der Waals surface area contributed by atoms with Crippen molar-refractivity contribution in [1.82, 2.24) is 0 Å². The SMILES string of the molecule is C[C@@H]1CCCC(C)(N)C1C1(C)C=CCCC1. The van der Waals surface area contributed by atoms with Crippen molar-refractivity contribution in [2.75, 3.05) is 0 Å². The molecular weight excluding hydrogens is 194 g/mol. The van der Waals surface area contributed by atoms with Gasteiger partial charge in [-0.25, -0.2) is 0 Å². The molecule has 92 valence electrons. The van der Waals surface area contributed by atoms with Crippen LogP contribution in [0.25, 0.3) is 0 Å². The van der Waals surface area contributed by atoms with Gasteiger partial charge in [0.1, 0.15) is 0 Å². The number of hydrogen-bond acceptors (Lipinski definition) is 1. The fourth-order valence-corrected chi connectivity index (χ4v) is 4.48. The van der Waals surface area contributed by atoms with Crippen molar-refractivity contribution in [3.05, 3.63) is 12.2 Å². The van der Waals surface area contributed by atoms with E-state index in [2.05, 4.69) is 32.9 Å². The molecule has 0 aromatic carbocycles. The second-order valence-electron chi connectivity index (χ2n) is 6.65. The number of nitrogens with two attached hydrogens (primary N) is 1. The van der Waals surface area contributed by atoms with Gasteiger partial charge in [0, 0.05) is 5.54 Å². The summed E-state index contributed by atoms with van der Waals surface area (Å²) in [7, 11) is 0. The third-order valence-electron chi connectivity index (χ3n) is 4.95. The molecule has 1 fully saturated rings. The Morgan fingerprint density at radius 3 is 2.50 bits per heavy atom. The smallest absolute Gasteiger partial charge is 0.0165 e. The summed E-state index contributed by atoms with van der Waals surface area (Å²) in [5.41, 5.74) is 6.98. The topological polar surface area (TPSA) is 26.0 Å². The van der Waals surface area contributed by atoms with E-state index in [1.807, 2.05) is 0 Å².